The van der Waals surface area contributed by atoms with Crippen LogP contribution in [0.1, 0.15) is 15.9 Å². The summed E-state index contributed by atoms with van der Waals surface area (Å²) in [5.74, 6) is -0.221. The smallest absolute Gasteiger partial charge is 0.248 e. The van der Waals surface area contributed by atoms with Crippen LogP contribution in [-0.4, -0.2) is 18.6 Å². The first-order chi connectivity index (χ1) is 10.1. The number of ether oxygens (including phenoxy) is 1. The van der Waals surface area contributed by atoms with Gasteiger partial charge in [-0.25, -0.2) is 4.39 Å². The molecule has 0 spiro atoms. The summed E-state index contributed by atoms with van der Waals surface area (Å²) >= 11 is 0. The fourth-order valence-electron chi connectivity index (χ4n) is 2.54. The van der Waals surface area contributed by atoms with Crippen LogP contribution in [0.25, 0.3) is 11.1 Å². The number of fused-ring (bicyclic) bond motifs is 1. The number of rotatable bonds is 3. The third-order valence-electron chi connectivity index (χ3n) is 3.66. The zero-order valence-corrected chi connectivity index (χ0v) is 11.3. The van der Waals surface area contributed by atoms with Crippen LogP contribution in [0.3, 0.4) is 0 Å². The van der Waals surface area contributed by atoms with Crippen molar-refractivity contribution in [3.8, 4) is 16.9 Å². The number of carbonyl (C=O) groups excluding carboxylic acids is 1. The van der Waals surface area contributed by atoms with Crippen LogP contribution in [0.5, 0.6) is 5.75 Å². The number of hydrogen-bond acceptors (Lipinski definition) is 3. The molecular weight excluding hydrogens is 271 g/mol. The fraction of sp³-hybridized carbons (Fsp3) is 0.188. The minimum absolute atomic E-state index is 0.194. The predicted octanol–water partition coefficient (Wildman–Crippen LogP) is 1.85. The molecular formula is C16H15FN2O2. The van der Waals surface area contributed by atoms with Crippen LogP contribution in [0, 0.1) is 5.82 Å². The molecule has 1 heterocycles. The van der Waals surface area contributed by atoms with Crippen molar-refractivity contribution in [2.45, 2.75) is 12.5 Å². The molecule has 0 radical (unpaired) electrons. The van der Waals surface area contributed by atoms with Crippen molar-refractivity contribution in [3.63, 3.8) is 0 Å². The highest BCUT2D eigenvalue weighted by molar-refractivity contribution is 5.93. The first-order valence-electron chi connectivity index (χ1n) is 6.68. The summed E-state index contributed by atoms with van der Waals surface area (Å²) in [6, 6.07) is 9.93. The summed E-state index contributed by atoms with van der Waals surface area (Å²) in [4.78, 5) is 11.1. The summed E-state index contributed by atoms with van der Waals surface area (Å²) < 4.78 is 19.6. The first-order valence-corrected chi connectivity index (χ1v) is 6.68. The van der Waals surface area contributed by atoms with E-state index in [1.165, 1.54) is 6.07 Å². The van der Waals surface area contributed by atoms with E-state index in [-0.39, 0.29) is 11.9 Å². The summed E-state index contributed by atoms with van der Waals surface area (Å²) in [6.07, 6.45) is 0.283. The number of hydrogen-bond donors (Lipinski definition) is 2. The quantitative estimate of drug-likeness (QED) is 0.904. The van der Waals surface area contributed by atoms with Gasteiger partial charge in [0.05, 0.1) is 0 Å². The lowest BCUT2D eigenvalue weighted by molar-refractivity contribution is 0.100. The largest absolute Gasteiger partial charge is 0.488 e. The molecule has 108 valence electrons. The van der Waals surface area contributed by atoms with Gasteiger partial charge in [0, 0.05) is 29.7 Å². The van der Waals surface area contributed by atoms with E-state index in [2.05, 4.69) is 0 Å². The normalized spacial score (nSPS) is 16.4. The molecule has 0 saturated carbocycles. The average Bonchev–Trinajstić information content (AvgIpc) is 2.93. The Morgan fingerprint density at radius 2 is 1.95 bits per heavy atom. The molecule has 0 aromatic heterocycles. The molecule has 0 aliphatic carbocycles. The predicted molar refractivity (Wildman–Crippen MR) is 77.5 cm³/mol. The summed E-state index contributed by atoms with van der Waals surface area (Å²) in [7, 11) is 0. The molecule has 0 unspecified atom stereocenters. The number of primary amides is 1. The molecule has 5 heteroatoms. The summed E-state index contributed by atoms with van der Waals surface area (Å²) in [6.45, 7) is 0.341. The van der Waals surface area contributed by atoms with Crippen LogP contribution in [0.4, 0.5) is 4.39 Å². The van der Waals surface area contributed by atoms with Gasteiger partial charge >= 0.3 is 0 Å². The van der Waals surface area contributed by atoms with Crippen LogP contribution in [0.15, 0.2) is 36.4 Å². The zero-order valence-electron chi connectivity index (χ0n) is 11.3. The molecule has 4 nitrogen and oxygen atoms in total. The van der Waals surface area contributed by atoms with Crippen molar-refractivity contribution in [2.24, 2.45) is 11.5 Å². The van der Waals surface area contributed by atoms with E-state index in [9.17, 15) is 9.18 Å². The second-order valence-electron chi connectivity index (χ2n) is 5.02. The maximum Gasteiger partial charge on any atom is 0.248 e. The number of nitrogens with two attached hydrogens (primary N) is 2. The van der Waals surface area contributed by atoms with Crippen molar-refractivity contribution in [1.29, 1.82) is 0 Å². The molecule has 2 aromatic rings. The Balaban J connectivity index is 2.04. The van der Waals surface area contributed by atoms with Gasteiger partial charge < -0.3 is 16.2 Å². The van der Waals surface area contributed by atoms with Gasteiger partial charge in [0.2, 0.25) is 5.91 Å². The third-order valence-corrected chi connectivity index (χ3v) is 3.66. The number of benzene rings is 2. The zero-order chi connectivity index (χ0) is 15.0. The maximum absolute atomic E-state index is 13.9. The van der Waals surface area contributed by atoms with Crippen LogP contribution < -0.4 is 16.2 Å². The SMILES string of the molecule is NC[C@H]1Cc2c(F)ccc(-c3ccc(C(N)=O)cc3)c2O1. The van der Waals surface area contributed by atoms with Gasteiger partial charge in [-0.3, -0.25) is 4.79 Å². The van der Waals surface area contributed by atoms with Crippen molar-refractivity contribution >= 4 is 5.91 Å². The van der Waals surface area contributed by atoms with Gasteiger partial charge in [0.1, 0.15) is 17.7 Å². The molecule has 1 aliphatic rings. The lowest BCUT2D eigenvalue weighted by Gasteiger charge is -2.11. The Hall–Kier alpha value is -2.40. The van der Waals surface area contributed by atoms with Crippen LogP contribution in [-0.2, 0) is 6.42 Å². The highest BCUT2D eigenvalue weighted by atomic mass is 19.1. The monoisotopic (exact) mass is 286 g/mol. The number of carbonyl (C=O) groups is 1. The molecule has 1 aliphatic heterocycles. The van der Waals surface area contributed by atoms with E-state index in [0.29, 0.717) is 29.8 Å². The Morgan fingerprint density at radius 3 is 2.57 bits per heavy atom. The van der Waals surface area contributed by atoms with Crippen LogP contribution in [0.2, 0.25) is 0 Å². The molecule has 0 fully saturated rings. The first kappa shape index (κ1) is 13.6. The Labute approximate surface area is 121 Å². The van der Waals surface area contributed by atoms with Gasteiger partial charge in [-0.05, 0) is 29.8 Å². The average molecular weight is 286 g/mol. The van der Waals surface area contributed by atoms with E-state index in [0.717, 1.165) is 11.1 Å². The molecule has 0 bridgehead atoms. The Bertz CT molecular complexity index is 698. The van der Waals surface area contributed by atoms with E-state index < -0.39 is 5.91 Å². The van der Waals surface area contributed by atoms with E-state index >= 15 is 0 Å². The molecule has 1 atom stereocenters. The van der Waals surface area contributed by atoms with Gasteiger partial charge in [0.15, 0.2) is 0 Å². The summed E-state index contributed by atoms with van der Waals surface area (Å²) in [5, 5.41) is 0. The van der Waals surface area contributed by atoms with Crippen molar-refractivity contribution in [2.75, 3.05) is 6.54 Å². The Kier molecular flexibility index (Phi) is 3.35. The standard InChI is InChI=1S/C16H15FN2O2/c17-14-6-5-12(15-13(14)7-11(8-18)21-15)9-1-3-10(4-2-9)16(19)20/h1-6,11H,7-8,18H2,(H2,19,20)/t11-/m1/s1. The fourth-order valence-corrected chi connectivity index (χ4v) is 2.54. The lowest BCUT2D eigenvalue weighted by Crippen LogP contribution is -2.24. The summed E-state index contributed by atoms with van der Waals surface area (Å²) in [5.41, 5.74) is 13.4. The third kappa shape index (κ3) is 2.36. The number of amides is 1. The van der Waals surface area contributed by atoms with E-state index in [4.69, 9.17) is 16.2 Å². The maximum atomic E-state index is 13.9. The van der Waals surface area contributed by atoms with Crippen molar-refractivity contribution in [1.82, 2.24) is 0 Å². The second kappa shape index (κ2) is 5.18. The van der Waals surface area contributed by atoms with E-state index in [1.807, 2.05) is 0 Å². The molecule has 21 heavy (non-hydrogen) atoms. The Morgan fingerprint density at radius 1 is 1.24 bits per heavy atom. The highest BCUT2D eigenvalue weighted by Crippen LogP contribution is 2.40. The number of halogens is 1. The van der Waals surface area contributed by atoms with Crippen molar-refractivity contribution < 1.29 is 13.9 Å². The van der Waals surface area contributed by atoms with Gasteiger partial charge in [-0.15, -0.1) is 0 Å². The minimum atomic E-state index is -0.481. The molecule has 0 saturated heterocycles. The van der Waals surface area contributed by atoms with Gasteiger partial charge in [-0.2, -0.15) is 0 Å². The van der Waals surface area contributed by atoms with E-state index in [1.54, 1.807) is 30.3 Å². The van der Waals surface area contributed by atoms with Gasteiger partial charge in [0.25, 0.3) is 0 Å². The van der Waals surface area contributed by atoms with Crippen molar-refractivity contribution in [3.05, 3.63) is 53.3 Å². The lowest BCUT2D eigenvalue weighted by atomic mass is 9.99. The molecule has 1 amide bonds. The molecule has 4 N–H and O–H groups in total. The van der Waals surface area contributed by atoms with Gasteiger partial charge in [-0.1, -0.05) is 12.1 Å². The van der Waals surface area contributed by atoms with Crippen LogP contribution >= 0.6 is 0 Å². The highest BCUT2D eigenvalue weighted by Gasteiger charge is 2.27. The minimum Gasteiger partial charge on any atom is -0.488 e. The topological polar surface area (TPSA) is 78.3 Å². The molecule has 3 rings (SSSR count). The second-order valence-corrected chi connectivity index (χ2v) is 5.02. The molecule has 2 aromatic carbocycles.